The lowest BCUT2D eigenvalue weighted by Gasteiger charge is -2.21. The van der Waals surface area contributed by atoms with Gasteiger partial charge in [0.05, 0.1) is 17.1 Å². The van der Waals surface area contributed by atoms with Gasteiger partial charge in [-0.05, 0) is 48.6 Å². The molecule has 0 radical (unpaired) electrons. The first kappa shape index (κ1) is 10.9. The second-order valence-corrected chi connectivity index (χ2v) is 5.19. The molecule has 0 amide bonds. The molecule has 1 heterocycles. The number of benzene rings is 2. The van der Waals surface area contributed by atoms with Gasteiger partial charge < -0.3 is 5.11 Å². The highest BCUT2D eigenvalue weighted by atomic mass is 16.3. The molecule has 1 N–H and O–H groups in total. The summed E-state index contributed by atoms with van der Waals surface area (Å²) < 4.78 is 0. The van der Waals surface area contributed by atoms with E-state index in [1.165, 1.54) is 5.56 Å². The van der Waals surface area contributed by atoms with Crippen LogP contribution >= 0.6 is 0 Å². The Morgan fingerprint density at radius 2 is 1.84 bits per heavy atom. The molecule has 1 unspecified atom stereocenters. The van der Waals surface area contributed by atoms with Crippen LogP contribution in [0, 0.1) is 0 Å². The molecule has 4 rings (SSSR count). The molecular formula is C16H14N2O. The number of aryl methyl sites for hydroxylation is 1. The van der Waals surface area contributed by atoms with Crippen LogP contribution < -0.4 is 0 Å². The smallest absolute Gasteiger partial charge is 0.0940 e. The SMILES string of the molecule is OC1CCCc2cc3c(cc21)nnc1ccccc13. The number of aliphatic hydroxyl groups excluding tert-OH is 1. The van der Waals surface area contributed by atoms with Crippen molar-refractivity contribution in [2.75, 3.05) is 0 Å². The number of nitrogens with zero attached hydrogens (tertiary/aromatic N) is 2. The van der Waals surface area contributed by atoms with Crippen LogP contribution in [0.4, 0.5) is 0 Å². The summed E-state index contributed by atoms with van der Waals surface area (Å²) in [5, 5.41) is 20.9. The summed E-state index contributed by atoms with van der Waals surface area (Å²) in [6.07, 6.45) is 2.59. The summed E-state index contributed by atoms with van der Waals surface area (Å²) >= 11 is 0. The van der Waals surface area contributed by atoms with Crippen molar-refractivity contribution in [3.8, 4) is 0 Å². The minimum Gasteiger partial charge on any atom is -0.388 e. The Labute approximate surface area is 110 Å². The minimum absolute atomic E-state index is 0.346. The van der Waals surface area contributed by atoms with E-state index in [0.717, 1.165) is 46.6 Å². The van der Waals surface area contributed by atoms with Crippen molar-refractivity contribution in [3.05, 3.63) is 47.5 Å². The molecule has 0 saturated heterocycles. The molecule has 1 aliphatic rings. The van der Waals surface area contributed by atoms with Crippen LogP contribution in [0.25, 0.3) is 21.8 Å². The normalized spacial score (nSPS) is 18.7. The van der Waals surface area contributed by atoms with Gasteiger partial charge in [-0.15, -0.1) is 10.2 Å². The van der Waals surface area contributed by atoms with Gasteiger partial charge in [0.15, 0.2) is 0 Å². The number of hydrogen-bond donors (Lipinski definition) is 1. The van der Waals surface area contributed by atoms with Gasteiger partial charge in [0.1, 0.15) is 0 Å². The topological polar surface area (TPSA) is 46.0 Å². The Kier molecular flexibility index (Phi) is 2.29. The first-order valence-corrected chi connectivity index (χ1v) is 6.69. The van der Waals surface area contributed by atoms with E-state index in [1.807, 2.05) is 24.3 Å². The monoisotopic (exact) mass is 250 g/mol. The fourth-order valence-electron chi connectivity index (χ4n) is 3.01. The van der Waals surface area contributed by atoms with E-state index in [4.69, 9.17) is 0 Å². The summed E-state index contributed by atoms with van der Waals surface area (Å²) in [5.41, 5.74) is 4.08. The lowest BCUT2D eigenvalue weighted by atomic mass is 9.88. The number of aromatic nitrogens is 2. The summed E-state index contributed by atoms with van der Waals surface area (Å²) in [6.45, 7) is 0. The van der Waals surface area contributed by atoms with Gasteiger partial charge in [-0.3, -0.25) is 0 Å². The van der Waals surface area contributed by atoms with Crippen LogP contribution in [0.5, 0.6) is 0 Å². The summed E-state index contributed by atoms with van der Waals surface area (Å²) in [6, 6.07) is 12.3. The van der Waals surface area contributed by atoms with E-state index in [9.17, 15) is 5.11 Å². The zero-order chi connectivity index (χ0) is 12.8. The third-order valence-corrected chi connectivity index (χ3v) is 4.00. The van der Waals surface area contributed by atoms with E-state index in [1.54, 1.807) is 0 Å². The average Bonchev–Trinajstić information content (AvgIpc) is 2.46. The van der Waals surface area contributed by atoms with Crippen molar-refractivity contribution in [2.24, 2.45) is 0 Å². The summed E-state index contributed by atoms with van der Waals surface area (Å²) in [4.78, 5) is 0. The van der Waals surface area contributed by atoms with E-state index < -0.39 is 0 Å². The van der Waals surface area contributed by atoms with Crippen LogP contribution in [-0.2, 0) is 6.42 Å². The van der Waals surface area contributed by atoms with Gasteiger partial charge >= 0.3 is 0 Å². The molecule has 3 nitrogen and oxygen atoms in total. The minimum atomic E-state index is -0.346. The maximum atomic E-state index is 10.1. The highest BCUT2D eigenvalue weighted by molar-refractivity contribution is 6.04. The highest BCUT2D eigenvalue weighted by Crippen LogP contribution is 2.33. The molecule has 1 atom stereocenters. The molecule has 19 heavy (non-hydrogen) atoms. The van der Waals surface area contributed by atoms with Crippen molar-refractivity contribution in [1.29, 1.82) is 0 Å². The Morgan fingerprint density at radius 1 is 1.00 bits per heavy atom. The molecule has 0 bridgehead atoms. The highest BCUT2D eigenvalue weighted by Gasteiger charge is 2.19. The van der Waals surface area contributed by atoms with Gasteiger partial charge in [0, 0.05) is 10.8 Å². The lowest BCUT2D eigenvalue weighted by Crippen LogP contribution is -2.09. The predicted octanol–water partition coefficient (Wildman–Crippen LogP) is 3.15. The third kappa shape index (κ3) is 1.62. The molecule has 3 heteroatoms. The molecule has 1 aliphatic carbocycles. The zero-order valence-electron chi connectivity index (χ0n) is 10.5. The Hall–Kier alpha value is -2.00. The van der Waals surface area contributed by atoms with Crippen LogP contribution in [0.15, 0.2) is 36.4 Å². The van der Waals surface area contributed by atoms with Gasteiger partial charge in [0.25, 0.3) is 0 Å². The second-order valence-electron chi connectivity index (χ2n) is 5.19. The largest absolute Gasteiger partial charge is 0.388 e. The van der Waals surface area contributed by atoms with Crippen molar-refractivity contribution in [3.63, 3.8) is 0 Å². The van der Waals surface area contributed by atoms with E-state index >= 15 is 0 Å². The molecule has 0 aliphatic heterocycles. The Balaban J connectivity index is 2.10. The summed E-state index contributed by atoms with van der Waals surface area (Å²) in [5.74, 6) is 0. The maximum Gasteiger partial charge on any atom is 0.0940 e. The first-order valence-electron chi connectivity index (χ1n) is 6.69. The zero-order valence-corrected chi connectivity index (χ0v) is 10.5. The van der Waals surface area contributed by atoms with Crippen LogP contribution in [-0.4, -0.2) is 15.3 Å². The molecule has 1 aromatic heterocycles. The third-order valence-electron chi connectivity index (χ3n) is 4.00. The van der Waals surface area contributed by atoms with Gasteiger partial charge in [-0.25, -0.2) is 0 Å². The quantitative estimate of drug-likeness (QED) is 0.623. The predicted molar refractivity (Wildman–Crippen MR) is 74.9 cm³/mol. The van der Waals surface area contributed by atoms with E-state index in [0.29, 0.717) is 0 Å². The van der Waals surface area contributed by atoms with Gasteiger partial charge in [-0.2, -0.15) is 0 Å². The number of aliphatic hydroxyl groups is 1. The van der Waals surface area contributed by atoms with E-state index in [2.05, 4.69) is 22.3 Å². The molecular weight excluding hydrogens is 236 g/mol. The van der Waals surface area contributed by atoms with Crippen LogP contribution in [0.2, 0.25) is 0 Å². The molecule has 0 fully saturated rings. The van der Waals surface area contributed by atoms with Crippen molar-refractivity contribution >= 4 is 21.8 Å². The number of fused-ring (bicyclic) bond motifs is 4. The van der Waals surface area contributed by atoms with Crippen LogP contribution in [0.3, 0.4) is 0 Å². The number of hydrogen-bond acceptors (Lipinski definition) is 3. The van der Waals surface area contributed by atoms with Crippen molar-refractivity contribution in [2.45, 2.75) is 25.4 Å². The van der Waals surface area contributed by atoms with Gasteiger partial charge in [-0.1, -0.05) is 18.2 Å². The molecule has 2 aromatic carbocycles. The fourth-order valence-corrected chi connectivity index (χ4v) is 3.01. The molecule has 0 spiro atoms. The average molecular weight is 250 g/mol. The molecule has 94 valence electrons. The number of rotatable bonds is 0. The van der Waals surface area contributed by atoms with Crippen LogP contribution in [0.1, 0.15) is 30.1 Å². The molecule has 0 saturated carbocycles. The maximum absolute atomic E-state index is 10.1. The van der Waals surface area contributed by atoms with Gasteiger partial charge in [0.2, 0.25) is 0 Å². The van der Waals surface area contributed by atoms with Crippen molar-refractivity contribution in [1.82, 2.24) is 10.2 Å². The first-order chi connectivity index (χ1) is 9.33. The Morgan fingerprint density at radius 3 is 2.79 bits per heavy atom. The fraction of sp³-hybridized carbons (Fsp3) is 0.250. The summed E-state index contributed by atoms with van der Waals surface area (Å²) in [7, 11) is 0. The lowest BCUT2D eigenvalue weighted by molar-refractivity contribution is 0.157. The molecule has 3 aromatic rings. The van der Waals surface area contributed by atoms with Crippen molar-refractivity contribution < 1.29 is 5.11 Å². The second kappa shape index (κ2) is 4.00. The van der Waals surface area contributed by atoms with E-state index in [-0.39, 0.29) is 6.10 Å². The standard InChI is InChI=1S/C16H14N2O/c19-16-7-3-4-10-8-13-11-5-1-2-6-14(11)17-18-15(13)9-12(10)16/h1-2,5-6,8-9,16,19H,3-4,7H2. The Bertz CT molecular complexity index is 782.